The van der Waals surface area contributed by atoms with Gasteiger partial charge >= 0.3 is 0 Å². The number of hydrogen-bond acceptors (Lipinski definition) is 3. The lowest BCUT2D eigenvalue weighted by atomic mass is 9.88. The number of fused-ring (bicyclic) bond motifs is 1. The van der Waals surface area contributed by atoms with Crippen LogP contribution in [0.25, 0.3) is 0 Å². The van der Waals surface area contributed by atoms with Gasteiger partial charge in [-0.05, 0) is 38.1 Å². The van der Waals surface area contributed by atoms with Gasteiger partial charge in [-0.1, -0.05) is 19.8 Å². The minimum Gasteiger partial charge on any atom is -0.330 e. The van der Waals surface area contributed by atoms with Crippen LogP contribution in [0.5, 0.6) is 0 Å². The van der Waals surface area contributed by atoms with Crippen LogP contribution in [0.15, 0.2) is 0 Å². The summed E-state index contributed by atoms with van der Waals surface area (Å²) in [6.07, 6.45) is 8.69. The maximum Gasteiger partial charge on any atom is 0.0931 e. The lowest BCUT2D eigenvalue weighted by molar-refractivity contribution is 0.423. The molecule has 1 atom stereocenters. The predicted octanol–water partition coefficient (Wildman–Crippen LogP) is 2.94. The Kier molecular flexibility index (Phi) is 4.36. The third kappa shape index (κ3) is 2.83. The Bertz CT molecular complexity index is 333. The summed E-state index contributed by atoms with van der Waals surface area (Å²) in [6.45, 7) is 3.07. The van der Waals surface area contributed by atoms with E-state index in [9.17, 15) is 0 Å². The number of hydrogen-bond donors (Lipinski definition) is 1. The topological polar surface area (TPSA) is 38.9 Å². The van der Waals surface area contributed by atoms with Crippen LogP contribution in [0.1, 0.15) is 48.2 Å². The molecule has 0 aliphatic heterocycles. The van der Waals surface area contributed by atoms with Gasteiger partial charge in [-0.3, -0.25) is 0 Å². The lowest BCUT2D eigenvalue weighted by Gasteiger charge is -2.20. The molecule has 90 valence electrons. The first-order chi connectivity index (χ1) is 7.83. The molecule has 0 saturated heterocycles. The number of nitrogens with two attached hydrogens (primary N) is 1. The fourth-order valence-electron chi connectivity index (χ4n) is 2.51. The molecule has 1 heterocycles. The fraction of sp³-hybridized carbons (Fsp3) is 0.769. The summed E-state index contributed by atoms with van der Waals surface area (Å²) in [6, 6.07) is 0. The minimum absolute atomic E-state index is 0.780. The molecule has 0 spiro atoms. The summed E-state index contributed by atoms with van der Waals surface area (Å²) in [7, 11) is 0. The largest absolute Gasteiger partial charge is 0.330 e. The number of thiazole rings is 1. The number of aryl methyl sites for hydroxylation is 2. The van der Waals surface area contributed by atoms with Crippen LogP contribution in [0.3, 0.4) is 0 Å². The Morgan fingerprint density at radius 1 is 1.50 bits per heavy atom. The molecule has 1 aliphatic carbocycles. The summed E-state index contributed by atoms with van der Waals surface area (Å²) in [4.78, 5) is 6.31. The summed E-state index contributed by atoms with van der Waals surface area (Å²) in [5.74, 6) is 0.917. The van der Waals surface area contributed by atoms with Gasteiger partial charge < -0.3 is 5.73 Å². The predicted molar refractivity (Wildman–Crippen MR) is 69.9 cm³/mol. The highest BCUT2D eigenvalue weighted by atomic mass is 32.1. The molecule has 0 radical (unpaired) electrons. The first-order valence-electron chi connectivity index (χ1n) is 6.51. The van der Waals surface area contributed by atoms with Crippen molar-refractivity contribution >= 4 is 11.3 Å². The van der Waals surface area contributed by atoms with Gasteiger partial charge in [0.25, 0.3) is 0 Å². The van der Waals surface area contributed by atoms with Crippen LogP contribution in [-0.4, -0.2) is 11.5 Å². The van der Waals surface area contributed by atoms with Gasteiger partial charge in [0.1, 0.15) is 0 Å². The van der Waals surface area contributed by atoms with E-state index in [0.717, 1.165) is 25.3 Å². The van der Waals surface area contributed by atoms with E-state index in [-0.39, 0.29) is 0 Å². The smallest absolute Gasteiger partial charge is 0.0931 e. The molecule has 1 unspecified atom stereocenters. The zero-order chi connectivity index (χ0) is 11.4. The molecule has 0 bridgehead atoms. The SMILES string of the molecule is CCCC1CCc2nc(CCCN)sc2C1. The highest BCUT2D eigenvalue weighted by molar-refractivity contribution is 7.11. The maximum absolute atomic E-state index is 5.54. The van der Waals surface area contributed by atoms with Gasteiger partial charge in [0.2, 0.25) is 0 Å². The Labute approximate surface area is 102 Å². The van der Waals surface area contributed by atoms with Gasteiger partial charge in [0, 0.05) is 11.3 Å². The van der Waals surface area contributed by atoms with Gasteiger partial charge in [0.05, 0.1) is 10.7 Å². The molecule has 2 nitrogen and oxygen atoms in total. The number of nitrogens with zero attached hydrogens (tertiary/aromatic N) is 1. The van der Waals surface area contributed by atoms with E-state index >= 15 is 0 Å². The van der Waals surface area contributed by atoms with Crippen molar-refractivity contribution < 1.29 is 0 Å². The van der Waals surface area contributed by atoms with Crippen LogP contribution in [-0.2, 0) is 19.3 Å². The quantitative estimate of drug-likeness (QED) is 0.856. The second kappa shape index (κ2) is 5.78. The second-order valence-corrected chi connectivity index (χ2v) is 5.94. The van der Waals surface area contributed by atoms with E-state index < -0.39 is 0 Å². The van der Waals surface area contributed by atoms with E-state index in [1.165, 1.54) is 42.8 Å². The van der Waals surface area contributed by atoms with Crippen molar-refractivity contribution in [3.05, 3.63) is 15.6 Å². The van der Waals surface area contributed by atoms with Gasteiger partial charge in [-0.15, -0.1) is 11.3 Å². The monoisotopic (exact) mass is 238 g/mol. The third-order valence-corrected chi connectivity index (χ3v) is 4.56. The molecule has 1 aliphatic rings. The van der Waals surface area contributed by atoms with Gasteiger partial charge in [0.15, 0.2) is 0 Å². The van der Waals surface area contributed by atoms with Crippen molar-refractivity contribution in [1.29, 1.82) is 0 Å². The Morgan fingerprint density at radius 3 is 3.12 bits per heavy atom. The molecule has 2 N–H and O–H groups in total. The zero-order valence-corrected chi connectivity index (χ0v) is 11.0. The first-order valence-corrected chi connectivity index (χ1v) is 7.32. The van der Waals surface area contributed by atoms with Crippen LogP contribution in [0.2, 0.25) is 0 Å². The van der Waals surface area contributed by atoms with Crippen LogP contribution in [0, 0.1) is 5.92 Å². The molecule has 0 fully saturated rings. The third-order valence-electron chi connectivity index (χ3n) is 3.38. The average Bonchev–Trinajstić information content (AvgIpc) is 2.68. The highest BCUT2D eigenvalue weighted by Gasteiger charge is 2.21. The van der Waals surface area contributed by atoms with E-state index in [1.807, 2.05) is 11.3 Å². The number of rotatable bonds is 5. The zero-order valence-electron chi connectivity index (χ0n) is 10.2. The number of aromatic nitrogens is 1. The highest BCUT2D eigenvalue weighted by Crippen LogP contribution is 2.32. The summed E-state index contributed by atoms with van der Waals surface area (Å²) in [5, 5.41) is 1.31. The van der Waals surface area contributed by atoms with E-state index in [1.54, 1.807) is 4.88 Å². The van der Waals surface area contributed by atoms with Gasteiger partial charge in [-0.2, -0.15) is 0 Å². The van der Waals surface area contributed by atoms with Crippen molar-refractivity contribution in [2.45, 2.75) is 51.9 Å². The standard InChI is InChI=1S/C13H22N2S/c1-2-4-10-6-7-11-12(9-10)16-13(15-11)5-3-8-14/h10H,2-9,14H2,1H3. The molecule has 2 rings (SSSR count). The summed E-state index contributed by atoms with van der Waals surface area (Å²) < 4.78 is 0. The van der Waals surface area contributed by atoms with Crippen molar-refractivity contribution in [2.75, 3.05) is 6.54 Å². The van der Waals surface area contributed by atoms with Gasteiger partial charge in [-0.25, -0.2) is 4.98 Å². The summed E-state index contributed by atoms with van der Waals surface area (Å²) in [5.41, 5.74) is 6.93. The van der Waals surface area contributed by atoms with Crippen LogP contribution < -0.4 is 5.73 Å². The maximum atomic E-state index is 5.54. The minimum atomic E-state index is 0.780. The molecule has 3 heteroatoms. The molecule has 1 aromatic rings. The van der Waals surface area contributed by atoms with E-state index in [2.05, 4.69) is 6.92 Å². The Morgan fingerprint density at radius 2 is 2.38 bits per heavy atom. The normalized spacial score (nSPS) is 19.8. The average molecular weight is 238 g/mol. The molecular formula is C13H22N2S. The molecule has 0 amide bonds. The summed E-state index contributed by atoms with van der Waals surface area (Å²) >= 11 is 1.94. The van der Waals surface area contributed by atoms with Crippen LogP contribution in [0.4, 0.5) is 0 Å². The van der Waals surface area contributed by atoms with Crippen molar-refractivity contribution in [2.24, 2.45) is 11.7 Å². The molecule has 16 heavy (non-hydrogen) atoms. The molecule has 1 aromatic heterocycles. The molecule has 0 saturated carbocycles. The van der Waals surface area contributed by atoms with E-state index in [0.29, 0.717) is 0 Å². The lowest BCUT2D eigenvalue weighted by Crippen LogP contribution is -2.12. The van der Waals surface area contributed by atoms with Crippen molar-refractivity contribution in [3.63, 3.8) is 0 Å². The molecular weight excluding hydrogens is 216 g/mol. The molecule has 0 aromatic carbocycles. The second-order valence-electron chi connectivity index (χ2n) is 4.77. The Balaban J connectivity index is 1.99. The van der Waals surface area contributed by atoms with Crippen molar-refractivity contribution in [1.82, 2.24) is 4.98 Å². The fourth-order valence-corrected chi connectivity index (χ4v) is 3.78. The Hall–Kier alpha value is -0.410. The first kappa shape index (κ1) is 12.1. The van der Waals surface area contributed by atoms with Crippen molar-refractivity contribution in [3.8, 4) is 0 Å². The van der Waals surface area contributed by atoms with Crippen LogP contribution >= 0.6 is 11.3 Å². The van der Waals surface area contributed by atoms with E-state index in [4.69, 9.17) is 10.7 Å².